The van der Waals surface area contributed by atoms with Gasteiger partial charge in [-0.25, -0.2) is 0 Å². The number of nitrogens with zero attached hydrogens (tertiary/aromatic N) is 2. The van der Waals surface area contributed by atoms with Crippen molar-refractivity contribution in [1.82, 2.24) is 0 Å². The van der Waals surface area contributed by atoms with Crippen LogP contribution < -0.4 is 19.3 Å². The normalized spacial score (nSPS) is 12.3. The summed E-state index contributed by atoms with van der Waals surface area (Å²) >= 11 is 0. The lowest BCUT2D eigenvalue weighted by atomic mass is 9.80. The molecule has 0 saturated carbocycles. The quantitative estimate of drug-likeness (QED) is 0.326. The summed E-state index contributed by atoms with van der Waals surface area (Å²) in [5.41, 5.74) is 9.04. The van der Waals surface area contributed by atoms with Crippen molar-refractivity contribution in [2.75, 3.05) is 42.8 Å². The van der Waals surface area contributed by atoms with Crippen LogP contribution in [-0.4, -0.2) is 33.0 Å². The van der Waals surface area contributed by atoms with Crippen molar-refractivity contribution in [3.63, 3.8) is 0 Å². The van der Waals surface area contributed by atoms with Gasteiger partial charge in [0.05, 0.1) is 0 Å². The minimum absolute atomic E-state index is 0.0977. The molecule has 0 atom stereocenters. The molecule has 0 spiro atoms. The summed E-state index contributed by atoms with van der Waals surface area (Å²) in [4.78, 5) is 4.83. The summed E-state index contributed by atoms with van der Waals surface area (Å²) in [5.74, 6) is 1.75. The molecule has 0 saturated heterocycles. The van der Waals surface area contributed by atoms with Gasteiger partial charge in [-0.15, -0.1) is 0 Å². The van der Waals surface area contributed by atoms with E-state index in [2.05, 4.69) is 106 Å². The molecule has 0 N–H and O–H groups in total. The first-order valence-corrected chi connectivity index (χ1v) is 12.6. The summed E-state index contributed by atoms with van der Waals surface area (Å²) in [7, 11) is 0. The lowest BCUT2D eigenvalue weighted by Crippen LogP contribution is -2.23. The highest BCUT2D eigenvalue weighted by molar-refractivity contribution is 5.61. The second-order valence-corrected chi connectivity index (χ2v) is 8.97. The van der Waals surface area contributed by atoms with Gasteiger partial charge >= 0.3 is 0 Å². The number of rotatable bonds is 9. The highest BCUT2D eigenvalue weighted by atomic mass is 16.7. The molecule has 3 aromatic carbocycles. The maximum Gasteiger partial charge on any atom is 0.231 e. The van der Waals surface area contributed by atoms with E-state index in [4.69, 9.17) is 9.47 Å². The average molecular weight is 459 g/mol. The molecule has 180 valence electrons. The van der Waals surface area contributed by atoms with E-state index in [0.717, 1.165) is 37.7 Å². The molecule has 0 bridgehead atoms. The maximum atomic E-state index is 5.78. The molecule has 4 nitrogen and oxygen atoms in total. The van der Waals surface area contributed by atoms with Gasteiger partial charge in [-0.2, -0.15) is 0 Å². The van der Waals surface area contributed by atoms with E-state index in [9.17, 15) is 0 Å². The van der Waals surface area contributed by atoms with Crippen LogP contribution in [0.5, 0.6) is 11.5 Å². The number of hydrogen-bond acceptors (Lipinski definition) is 4. The summed E-state index contributed by atoms with van der Waals surface area (Å²) in [6, 6.07) is 20.2. The third-order valence-corrected chi connectivity index (χ3v) is 7.13. The van der Waals surface area contributed by atoms with Gasteiger partial charge in [-0.1, -0.05) is 18.2 Å². The summed E-state index contributed by atoms with van der Waals surface area (Å²) in [6.07, 6.45) is 0. The molecule has 34 heavy (non-hydrogen) atoms. The molecule has 0 aromatic heterocycles. The van der Waals surface area contributed by atoms with Crippen molar-refractivity contribution in [2.24, 2.45) is 0 Å². The molecule has 3 aromatic rings. The molecule has 1 heterocycles. The third kappa shape index (κ3) is 4.59. The highest BCUT2D eigenvalue weighted by Gasteiger charge is 2.25. The Bertz CT molecular complexity index is 1070. The monoisotopic (exact) mass is 458 g/mol. The van der Waals surface area contributed by atoms with E-state index >= 15 is 0 Å². The molecule has 1 aliphatic heterocycles. The van der Waals surface area contributed by atoms with Crippen molar-refractivity contribution in [3.8, 4) is 11.5 Å². The molecule has 1 aliphatic rings. The lowest BCUT2D eigenvalue weighted by Gasteiger charge is -2.28. The standard InChI is InChI=1S/C30H38N2O2/c1-7-31(8-2)24-14-11-21(5)26(18-24)30(23-13-16-28-29(17-23)34-20-33-28)27-19-25(15-12-22(27)6)32(9-3)10-4/h11-19,30H,7-10,20H2,1-6H3. The number of anilines is 2. The predicted octanol–water partition coefficient (Wildman–Crippen LogP) is 6.90. The van der Waals surface area contributed by atoms with Crippen LogP contribution >= 0.6 is 0 Å². The van der Waals surface area contributed by atoms with Crippen LogP contribution in [0.15, 0.2) is 54.6 Å². The van der Waals surface area contributed by atoms with E-state index in [0.29, 0.717) is 0 Å². The first kappa shape index (κ1) is 24.0. The van der Waals surface area contributed by atoms with Crippen molar-refractivity contribution in [3.05, 3.63) is 82.4 Å². The Balaban J connectivity index is 1.93. The highest BCUT2D eigenvalue weighted by Crippen LogP contribution is 2.42. The van der Waals surface area contributed by atoms with E-state index in [1.807, 2.05) is 0 Å². The summed E-state index contributed by atoms with van der Waals surface area (Å²) in [5, 5.41) is 0. The Labute approximate surface area is 205 Å². The minimum Gasteiger partial charge on any atom is -0.454 e. The molecule has 0 unspecified atom stereocenters. The SMILES string of the molecule is CCN(CC)c1ccc(C)c(C(c2ccc3c(c2)OCO3)c2cc(N(CC)CC)ccc2C)c1. The van der Waals surface area contributed by atoms with Gasteiger partial charge in [0.1, 0.15) is 0 Å². The molecular weight excluding hydrogens is 420 g/mol. The zero-order valence-electron chi connectivity index (χ0n) is 21.5. The van der Waals surface area contributed by atoms with Crippen molar-refractivity contribution in [2.45, 2.75) is 47.5 Å². The second-order valence-electron chi connectivity index (χ2n) is 8.97. The molecule has 0 radical (unpaired) electrons. The van der Waals surface area contributed by atoms with Crippen LogP contribution in [0, 0.1) is 13.8 Å². The van der Waals surface area contributed by atoms with Gasteiger partial charge in [0.15, 0.2) is 11.5 Å². The fourth-order valence-electron chi connectivity index (χ4n) is 5.07. The van der Waals surface area contributed by atoms with Gasteiger partial charge < -0.3 is 19.3 Å². The van der Waals surface area contributed by atoms with Gasteiger partial charge in [-0.05, 0) is 106 Å². The average Bonchev–Trinajstić information content (AvgIpc) is 3.32. The Morgan fingerprint density at radius 3 is 1.65 bits per heavy atom. The molecule has 0 aliphatic carbocycles. The first-order valence-electron chi connectivity index (χ1n) is 12.6. The van der Waals surface area contributed by atoms with E-state index in [1.165, 1.54) is 39.2 Å². The van der Waals surface area contributed by atoms with E-state index < -0.39 is 0 Å². The zero-order valence-corrected chi connectivity index (χ0v) is 21.5. The molecule has 4 rings (SSSR count). The molecular formula is C30H38N2O2. The maximum absolute atomic E-state index is 5.78. The van der Waals surface area contributed by atoms with Gasteiger partial charge in [0.2, 0.25) is 6.79 Å². The lowest BCUT2D eigenvalue weighted by molar-refractivity contribution is 0.174. The van der Waals surface area contributed by atoms with Crippen molar-refractivity contribution in [1.29, 1.82) is 0 Å². The number of aryl methyl sites for hydroxylation is 2. The van der Waals surface area contributed by atoms with Gasteiger partial charge in [0.25, 0.3) is 0 Å². The Hall–Kier alpha value is -3.14. The predicted molar refractivity (Wildman–Crippen MR) is 143 cm³/mol. The zero-order chi connectivity index (χ0) is 24.2. The van der Waals surface area contributed by atoms with Crippen molar-refractivity contribution < 1.29 is 9.47 Å². The third-order valence-electron chi connectivity index (χ3n) is 7.13. The molecule has 0 amide bonds. The summed E-state index contributed by atoms with van der Waals surface area (Å²) in [6.45, 7) is 17.6. The Morgan fingerprint density at radius 1 is 0.647 bits per heavy atom. The van der Waals surface area contributed by atoms with Crippen LogP contribution in [0.25, 0.3) is 0 Å². The van der Waals surface area contributed by atoms with Crippen LogP contribution in [-0.2, 0) is 0 Å². The largest absolute Gasteiger partial charge is 0.454 e. The van der Waals surface area contributed by atoms with Crippen LogP contribution in [0.2, 0.25) is 0 Å². The van der Waals surface area contributed by atoms with E-state index in [-0.39, 0.29) is 12.7 Å². The summed E-state index contributed by atoms with van der Waals surface area (Å²) < 4.78 is 11.4. The van der Waals surface area contributed by atoms with Crippen molar-refractivity contribution >= 4 is 11.4 Å². The van der Waals surface area contributed by atoms with Crippen LogP contribution in [0.1, 0.15) is 61.4 Å². The fraction of sp³-hybridized carbons (Fsp3) is 0.400. The Morgan fingerprint density at radius 2 is 1.15 bits per heavy atom. The van der Waals surface area contributed by atoms with Gasteiger partial charge in [-0.3, -0.25) is 0 Å². The minimum atomic E-state index is 0.0977. The topological polar surface area (TPSA) is 24.9 Å². The van der Waals surface area contributed by atoms with Gasteiger partial charge in [0, 0.05) is 43.5 Å². The number of ether oxygens (including phenoxy) is 2. The number of benzene rings is 3. The fourth-order valence-corrected chi connectivity index (χ4v) is 5.07. The van der Waals surface area contributed by atoms with E-state index in [1.54, 1.807) is 0 Å². The molecule has 4 heteroatoms. The number of hydrogen-bond donors (Lipinski definition) is 0. The smallest absolute Gasteiger partial charge is 0.231 e. The molecule has 0 fully saturated rings. The first-order chi connectivity index (χ1) is 16.5. The number of fused-ring (bicyclic) bond motifs is 1. The second kappa shape index (κ2) is 10.4. The Kier molecular flexibility index (Phi) is 7.35. The van der Waals surface area contributed by atoms with Crippen LogP contribution in [0.3, 0.4) is 0 Å². The van der Waals surface area contributed by atoms with Crippen LogP contribution in [0.4, 0.5) is 11.4 Å².